The molecule has 0 saturated heterocycles. The monoisotopic (exact) mass is 293 g/mol. The summed E-state index contributed by atoms with van der Waals surface area (Å²) in [6.07, 6.45) is 0.769. The van der Waals surface area contributed by atoms with E-state index in [-0.39, 0.29) is 0 Å². The van der Waals surface area contributed by atoms with Crippen LogP contribution in [0.4, 0.5) is 0 Å². The van der Waals surface area contributed by atoms with E-state index in [2.05, 4.69) is 22.5 Å². The van der Waals surface area contributed by atoms with E-state index < -0.39 is 0 Å². The first kappa shape index (κ1) is 15.3. The molecule has 2 rings (SSSR count). The largest absolute Gasteiger partial charge is 0.496 e. The Morgan fingerprint density at radius 2 is 1.86 bits per heavy atom. The van der Waals surface area contributed by atoms with Crippen molar-refractivity contribution in [3.05, 3.63) is 17.7 Å². The molecule has 0 aliphatic carbocycles. The van der Waals surface area contributed by atoms with E-state index in [1.54, 1.807) is 21.3 Å². The molecule has 1 aliphatic rings. The zero-order valence-electron chi connectivity index (χ0n) is 13.0. The van der Waals surface area contributed by atoms with Gasteiger partial charge < -0.3 is 24.8 Å². The fraction of sp³-hybridized carbons (Fsp3) is 0.533. The third-order valence-electron chi connectivity index (χ3n) is 3.39. The molecule has 1 atom stereocenters. The molecule has 0 saturated carbocycles. The molecule has 1 aliphatic heterocycles. The van der Waals surface area contributed by atoms with Crippen molar-refractivity contribution in [3.63, 3.8) is 0 Å². The summed E-state index contributed by atoms with van der Waals surface area (Å²) in [5, 5.41) is 6.56. The van der Waals surface area contributed by atoms with E-state index >= 15 is 0 Å². The van der Waals surface area contributed by atoms with Crippen LogP contribution in [0.25, 0.3) is 0 Å². The van der Waals surface area contributed by atoms with Crippen molar-refractivity contribution >= 4 is 5.96 Å². The Balaban J connectivity index is 2.04. The highest BCUT2D eigenvalue weighted by Gasteiger charge is 2.15. The van der Waals surface area contributed by atoms with Crippen LogP contribution in [-0.2, 0) is 6.42 Å². The van der Waals surface area contributed by atoms with Crippen LogP contribution in [0.1, 0.15) is 12.5 Å². The highest BCUT2D eigenvalue weighted by molar-refractivity contribution is 5.81. The molecule has 0 spiro atoms. The Morgan fingerprint density at radius 1 is 1.19 bits per heavy atom. The van der Waals surface area contributed by atoms with Gasteiger partial charge in [-0.2, -0.15) is 0 Å². The lowest BCUT2D eigenvalue weighted by atomic mass is 10.1. The van der Waals surface area contributed by atoms with E-state index in [1.165, 1.54) is 0 Å². The number of methoxy groups -OCH3 is 3. The second-order valence-corrected chi connectivity index (χ2v) is 4.92. The van der Waals surface area contributed by atoms with Gasteiger partial charge in [-0.15, -0.1) is 0 Å². The third kappa shape index (κ3) is 3.71. The van der Waals surface area contributed by atoms with E-state index in [4.69, 9.17) is 14.2 Å². The van der Waals surface area contributed by atoms with Gasteiger partial charge in [0.05, 0.1) is 27.9 Å². The molecule has 1 aromatic rings. The number of aliphatic imine (C=N–C) groups is 1. The van der Waals surface area contributed by atoms with Crippen LogP contribution in [0.3, 0.4) is 0 Å². The van der Waals surface area contributed by atoms with Gasteiger partial charge in [0.15, 0.2) is 5.96 Å². The molecule has 0 amide bonds. The normalized spacial score (nSPS) is 17.0. The molecule has 6 heteroatoms. The maximum Gasteiger partial charge on any atom is 0.191 e. The molecule has 1 heterocycles. The summed E-state index contributed by atoms with van der Waals surface area (Å²) in [5.74, 6) is 3.11. The predicted octanol–water partition coefficient (Wildman–Crippen LogP) is 1.19. The maximum atomic E-state index is 5.44. The summed E-state index contributed by atoms with van der Waals surface area (Å²) in [6.45, 7) is 3.67. The Bertz CT molecular complexity index is 492. The minimum Gasteiger partial charge on any atom is -0.496 e. The SMILES string of the molecule is COc1cc(OC)c(CCNC2=NCC(C)N2)c(OC)c1. The summed E-state index contributed by atoms with van der Waals surface area (Å²) in [4.78, 5) is 4.37. The quantitative estimate of drug-likeness (QED) is 0.825. The standard InChI is InChI=1S/C15H23N3O3/c1-10-9-17-15(18-10)16-6-5-12-13(20-3)7-11(19-2)8-14(12)21-4/h7-8,10H,5-6,9H2,1-4H3,(H2,16,17,18). The molecule has 0 fully saturated rings. The Labute approximate surface area is 125 Å². The van der Waals surface area contributed by atoms with Crippen LogP contribution in [-0.4, -0.2) is 46.4 Å². The van der Waals surface area contributed by atoms with Crippen LogP contribution in [0, 0.1) is 0 Å². The number of hydrogen-bond acceptors (Lipinski definition) is 6. The van der Waals surface area contributed by atoms with Gasteiger partial charge in [0.2, 0.25) is 0 Å². The summed E-state index contributed by atoms with van der Waals surface area (Å²) >= 11 is 0. The first-order chi connectivity index (χ1) is 10.2. The van der Waals surface area contributed by atoms with Crippen LogP contribution in [0.5, 0.6) is 17.2 Å². The van der Waals surface area contributed by atoms with Gasteiger partial charge in [-0.3, -0.25) is 4.99 Å². The van der Waals surface area contributed by atoms with Crippen LogP contribution < -0.4 is 24.8 Å². The molecular weight excluding hydrogens is 270 g/mol. The van der Waals surface area contributed by atoms with Crippen LogP contribution in [0.15, 0.2) is 17.1 Å². The zero-order chi connectivity index (χ0) is 15.2. The summed E-state index contributed by atoms with van der Waals surface area (Å²) in [6, 6.07) is 4.13. The van der Waals surface area contributed by atoms with Gasteiger partial charge in [-0.1, -0.05) is 0 Å². The van der Waals surface area contributed by atoms with Gasteiger partial charge in [0.25, 0.3) is 0 Å². The second-order valence-electron chi connectivity index (χ2n) is 4.92. The van der Waals surface area contributed by atoms with Gasteiger partial charge in [0.1, 0.15) is 17.2 Å². The Morgan fingerprint density at radius 3 is 2.33 bits per heavy atom. The van der Waals surface area contributed by atoms with Gasteiger partial charge in [-0.05, 0) is 13.3 Å². The third-order valence-corrected chi connectivity index (χ3v) is 3.39. The van der Waals surface area contributed by atoms with Crippen molar-refractivity contribution in [2.24, 2.45) is 4.99 Å². The summed E-state index contributed by atoms with van der Waals surface area (Å²) in [7, 11) is 4.92. The highest BCUT2D eigenvalue weighted by atomic mass is 16.5. The fourth-order valence-electron chi connectivity index (χ4n) is 2.29. The number of hydrogen-bond donors (Lipinski definition) is 2. The van der Waals surface area contributed by atoms with Crippen molar-refractivity contribution in [1.82, 2.24) is 10.6 Å². The van der Waals surface area contributed by atoms with E-state index in [0.29, 0.717) is 6.04 Å². The fourth-order valence-corrected chi connectivity index (χ4v) is 2.29. The molecular formula is C15H23N3O3. The van der Waals surface area contributed by atoms with Crippen LogP contribution in [0.2, 0.25) is 0 Å². The average Bonchev–Trinajstić information content (AvgIpc) is 2.92. The second kappa shape index (κ2) is 7.06. The lowest BCUT2D eigenvalue weighted by Crippen LogP contribution is -2.38. The Hall–Kier alpha value is -2.11. The van der Waals surface area contributed by atoms with Crippen molar-refractivity contribution < 1.29 is 14.2 Å². The molecule has 6 nitrogen and oxygen atoms in total. The summed E-state index contributed by atoms with van der Waals surface area (Å²) in [5.41, 5.74) is 1.01. The molecule has 1 aromatic carbocycles. The highest BCUT2D eigenvalue weighted by Crippen LogP contribution is 2.34. The van der Waals surface area contributed by atoms with E-state index in [9.17, 15) is 0 Å². The minimum absolute atomic E-state index is 0.401. The number of benzene rings is 1. The number of guanidine groups is 1. The van der Waals surface area contributed by atoms with E-state index in [0.717, 1.165) is 48.3 Å². The lowest BCUT2D eigenvalue weighted by molar-refractivity contribution is 0.368. The first-order valence-electron chi connectivity index (χ1n) is 7.01. The number of ether oxygens (including phenoxy) is 3. The van der Waals surface area contributed by atoms with Gasteiger partial charge in [0, 0.05) is 30.3 Å². The molecule has 116 valence electrons. The molecule has 21 heavy (non-hydrogen) atoms. The van der Waals surface area contributed by atoms with Crippen molar-refractivity contribution in [3.8, 4) is 17.2 Å². The van der Waals surface area contributed by atoms with Crippen molar-refractivity contribution in [2.45, 2.75) is 19.4 Å². The zero-order valence-corrected chi connectivity index (χ0v) is 13.0. The minimum atomic E-state index is 0.401. The lowest BCUT2D eigenvalue weighted by Gasteiger charge is -2.15. The first-order valence-corrected chi connectivity index (χ1v) is 7.01. The Kier molecular flexibility index (Phi) is 5.14. The molecule has 2 N–H and O–H groups in total. The molecule has 0 bridgehead atoms. The number of rotatable bonds is 6. The van der Waals surface area contributed by atoms with Crippen LogP contribution >= 0.6 is 0 Å². The number of nitrogens with one attached hydrogen (secondary N) is 2. The molecule has 1 unspecified atom stereocenters. The number of nitrogens with zero attached hydrogens (tertiary/aromatic N) is 1. The van der Waals surface area contributed by atoms with Crippen molar-refractivity contribution in [2.75, 3.05) is 34.4 Å². The van der Waals surface area contributed by atoms with Gasteiger partial charge in [-0.25, -0.2) is 0 Å². The predicted molar refractivity (Wildman–Crippen MR) is 82.7 cm³/mol. The van der Waals surface area contributed by atoms with Crippen molar-refractivity contribution in [1.29, 1.82) is 0 Å². The average molecular weight is 293 g/mol. The summed E-state index contributed by atoms with van der Waals surface area (Å²) < 4.78 is 16.1. The molecule has 0 radical (unpaired) electrons. The van der Waals surface area contributed by atoms with Gasteiger partial charge >= 0.3 is 0 Å². The topological polar surface area (TPSA) is 64.1 Å². The van der Waals surface area contributed by atoms with E-state index in [1.807, 2.05) is 12.1 Å². The smallest absolute Gasteiger partial charge is 0.191 e. The maximum absolute atomic E-state index is 5.44. The molecule has 0 aromatic heterocycles.